The first-order valence-electron chi connectivity index (χ1n) is 5.43. The molecule has 0 amide bonds. The number of aliphatic hydroxyl groups is 1. The third-order valence-corrected chi connectivity index (χ3v) is 2.95. The van der Waals surface area contributed by atoms with Crippen LogP contribution in [0.15, 0.2) is 18.6 Å². The third kappa shape index (κ3) is 2.73. The van der Waals surface area contributed by atoms with E-state index in [0.717, 1.165) is 25.1 Å². The second kappa shape index (κ2) is 4.68. The van der Waals surface area contributed by atoms with Crippen molar-refractivity contribution in [2.75, 3.05) is 6.54 Å². The van der Waals surface area contributed by atoms with E-state index < -0.39 is 0 Å². The van der Waals surface area contributed by atoms with Crippen molar-refractivity contribution in [1.82, 2.24) is 15.3 Å². The van der Waals surface area contributed by atoms with E-state index in [2.05, 4.69) is 22.2 Å². The molecule has 4 nitrogen and oxygen atoms in total. The van der Waals surface area contributed by atoms with E-state index in [1.54, 1.807) is 18.6 Å². The molecule has 4 heteroatoms. The molecule has 0 bridgehead atoms. The molecule has 1 atom stereocenters. The quantitative estimate of drug-likeness (QED) is 0.770. The Morgan fingerprint density at radius 1 is 1.53 bits per heavy atom. The van der Waals surface area contributed by atoms with Crippen LogP contribution in [0, 0.1) is 5.92 Å². The van der Waals surface area contributed by atoms with Crippen molar-refractivity contribution < 1.29 is 5.11 Å². The highest BCUT2D eigenvalue weighted by atomic mass is 16.3. The predicted octanol–water partition coefficient (Wildman–Crippen LogP) is 0.898. The Kier molecular flexibility index (Phi) is 3.28. The van der Waals surface area contributed by atoms with E-state index in [1.807, 2.05) is 0 Å². The van der Waals surface area contributed by atoms with Gasteiger partial charge in [-0.05, 0) is 32.2 Å². The molecule has 0 radical (unpaired) electrons. The molecule has 15 heavy (non-hydrogen) atoms. The Hall–Kier alpha value is -1.00. The van der Waals surface area contributed by atoms with Gasteiger partial charge in [0.15, 0.2) is 0 Å². The molecule has 0 aromatic carbocycles. The zero-order valence-corrected chi connectivity index (χ0v) is 8.93. The monoisotopic (exact) mass is 207 g/mol. The summed E-state index contributed by atoms with van der Waals surface area (Å²) in [6, 6.07) is 0.233. The predicted molar refractivity (Wildman–Crippen MR) is 57.2 cm³/mol. The van der Waals surface area contributed by atoms with Crippen LogP contribution >= 0.6 is 0 Å². The van der Waals surface area contributed by atoms with Crippen molar-refractivity contribution in [1.29, 1.82) is 0 Å². The minimum atomic E-state index is -0.0661. The molecule has 1 aromatic rings. The molecule has 1 heterocycles. The third-order valence-electron chi connectivity index (χ3n) is 2.95. The number of rotatable bonds is 4. The molecule has 0 aliphatic heterocycles. The molecule has 2 rings (SSSR count). The van der Waals surface area contributed by atoms with Gasteiger partial charge in [0.05, 0.1) is 11.8 Å². The lowest BCUT2D eigenvalue weighted by molar-refractivity contribution is 0.0420. The van der Waals surface area contributed by atoms with Gasteiger partial charge in [0.25, 0.3) is 0 Å². The number of aliphatic hydroxyl groups excluding tert-OH is 1. The summed E-state index contributed by atoms with van der Waals surface area (Å²) in [5.74, 6) is 0.624. The summed E-state index contributed by atoms with van der Waals surface area (Å²) in [4.78, 5) is 8.28. The number of nitrogens with zero attached hydrogens (tertiary/aromatic N) is 2. The zero-order valence-electron chi connectivity index (χ0n) is 8.93. The molecule has 0 spiro atoms. The van der Waals surface area contributed by atoms with Gasteiger partial charge < -0.3 is 10.4 Å². The van der Waals surface area contributed by atoms with E-state index in [0.29, 0.717) is 5.92 Å². The van der Waals surface area contributed by atoms with Crippen molar-refractivity contribution in [3.63, 3.8) is 0 Å². The molecule has 1 saturated carbocycles. The maximum Gasteiger partial charge on any atom is 0.0753 e. The van der Waals surface area contributed by atoms with Crippen LogP contribution in [0.5, 0.6) is 0 Å². The fraction of sp³-hybridized carbons (Fsp3) is 0.636. The van der Waals surface area contributed by atoms with E-state index in [9.17, 15) is 0 Å². The average Bonchev–Trinajstić information content (AvgIpc) is 2.23. The Balaban J connectivity index is 1.75. The molecule has 0 saturated heterocycles. The highest BCUT2D eigenvalue weighted by Gasteiger charge is 2.27. The van der Waals surface area contributed by atoms with Crippen molar-refractivity contribution >= 4 is 0 Å². The fourth-order valence-electron chi connectivity index (χ4n) is 1.85. The molecule has 1 aliphatic carbocycles. The van der Waals surface area contributed by atoms with Crippen LogP contribution < -0.4 is 5.32 Å². The van der Waals surface area contributed by atoms with Crippen molar-refractivity contribution in [2.24, 2.45) is 5.92 Å². The molecule has 1 unspecified atom stereocenters. The highest BCUT2D eigenvalue weighted by molar-refractivity contribution is 5.00. The van der Waals surface area contributed by atoms with E-state index in [1.165, 1.54) is 0 Å². The van der Waals surface area contributed by atoms with Gasteiger partial charge in [-0.3, -0.25) is 9.97 Å². The van der Waals surface area contributed by atoms with Gasteiger partial charge in [0.1, 0.15) is 0 Å². The summed E-state index contributed by atoms with van der Waals surface area (Å²) < 4.78 is 0. The summed E-state index contributed by atoms with van der Waals surface area (Å²) in [5.41, 5.74) is 0.970. The first kappa shape index (κ1) is 10.5. The zero-order chi connectivity index (χ0) is 10.7. The normalized spacial score (nSPS) is 27.1. The van der Waals surface area contributed by atoms with Crippen LogP contribution in [0.4, 0.5) is 0 Å². The molecule has 1 aliphatic rings. The lowest BCUT2D eigenvalue weighted by Crippen LogP contribution is -2.37. The first-order chi connectivity index (χ1) is 7.25. The van der Waals surface area contributed by atoms with Gasteiger partial charge in [-0.25, -0.2) is 0 Å². The van der Waals surface area contributed by atoms with Crippen LogP contribution in [-0.2, 0) is 0 Å². The van der Waals surface area contributed by atoms with Crippen LogP contribution in [0.2, 0.25) is 0 Å². The van der Waals surface area contributed by atoms with E-state index in [4.69, 9.17) is 5.11 Å². The van der Waals surface area contributed by atoms with E-state index in [-0.39, 0.29) is 12.1 Å². The van der Waals surface area contributed by atoms with E-state index >= 15 is 0 Å². The van der Waals surface area contributed by atoms with Gasteiger partial charge in [-0.2, -0.15) is 0 Å². The SMILES string of the molecule is CC(NCC1CC(O)C1)c1cnccn1. The molecule has 1 aromatic heterocycles. The first-order valence-corrected chi connectivity index (χ1v) is 5.43. The molecule has 2 N–H and O–H groups in total. The largest absolute Gasteiger partial charge is 0.393 e. The maximum absolute atomic E-state index is 9.15. The summed E-state index contributed by atoms with van der Waals surface area (Å²) >= 11 is 0. The Morgan fingerprint density at radius 2 is 2.33 bits per heavy atom. The smallest absolute Gasteiger partial charge is 0.0753 e. The van der Waals surface area contributed by atoms with Gasteiger partial charge in [-0.1, -0.05) is 0 Å². The van der Waals surface area contributed by atoms with Crippen LogP contribution in [0.25, 0.3) is 0 Å². The summed E-state index contributed by atoms with van der Waals surface area (Å²) in [6.45, 7) is 3.04. The van der Waals surface area contributed by atoms with Gasteiger partial charge >= 0.3 is 0 Å². The molecule has 82 valence electrons. The Labute approximate surface area is 89.8 Å². The summed E-state index contributed by atoms with van der Waals surface area (Å²) in [6.07, 6.45) is 6.97. The lowest BCUT2D eigenvalue weighted by Gasteiger charge is -2.32. The topological polar surface area (TPSA) is 58.0 Å². The Bertz CT molecular complexity index is 298. The standard InChI is InChI=1S/C11H17N3O/c1-8(11-7-12-2-3-13-11)14-6-9-4-10(15)5-9/h2-3,7-10,14-15H,4-6H2,1H3. The second-order valence-electron chi connectivity index (χ2n) is 4.25. The van der Waals surface area contributed by atoms with Crippen molar-refractivity contribution in [3.05, 3.63) is 24.3 Å². The van der Waals surface area contributed by atoms with Crippen LogP contribution in [0.3, 0.4) is 0 Å². The number of nitrogens with one attached hydrogen (secondary N) is 1. The number of hydrogen-bond donors (Lipinski definition) is 2. The molecular weight excluding hydrogens is 190 g/mol. The molecular formula is C11H17N3O. The number of hydrogen-bond acceptors (Lipinski definition) is 4. The van der Waals surface area contributed by atoms with Gasteiger partial charge in [0, 0.05) is 24.6 Å². The van der Waals surface area contributed by atoms with Gasteiger partial charge in [0.2, 0.25) is 0 Å². The Morgan fingerprint density at radius 3 is 2.93 bits per heavy atom. The maximum atomic E-state index is 9.15. The average molecular weight is 207 g/mol. The fourth-order valence-corrected chi connectivity index (χ4v) is 1.85. The highest BCUT2D eigenvalue weighted by Crippen LogP contribution is 2.26. The summed E-state index contributed by atoms with van der Waals surface area (Å²) in [5, 5.41) is 12.6. The van der Waals surface area contributed by atoms with Crippen LogP contribution in [0.1, 0.15) is 31.5 Å². The van der Waals surface area contributed by atoms with Gasteiger partial charge in [-0.15, -0.1) is 0 Å². The number of aromatic nitrogens is 2. The second-order valence-corrected chi connectivity index (χ2v) is 4.25. The molecule has 1 fully saturated rings. The van der Waals surface area contributed by atoms with Crippen molar-refractivity contribution in [3.8, 4) is 0 Å². The van der Waals surface area contributed by atoms with Crippen molar-refractivity contribution in [2.45, 2.75) is 31.9 Å². The minimum Gasteiger partial charge on any atom is -0.393 e. The summed E-state index contributed by atoms with van der Waals surface area (Å²) in [7, 11) is 0. The minimum absolute atomic E-state index is 0.0661. The lowest BCUT2D eigenvalue weighted by atomic mass is 9.82. The van der Waals surface area contributed by atoms with Crippen LogP contribution in [-0.4, -0.2) is 27.7 Å².